The lowest BCUT2D eigenvalue weighted by atomic mass is 9.86. The van der Waals surface area contributed by atoms with Gasteiger partial charge < -0.3 is 4.74 Å². The number of benzene rings is 1. The Labute approximate surface area is 119 Å². The second kappa shape index (κ2) is 5.85. The third-order valence-electron chi connectivity index (χ3n) is 2.52. The van der Waals surface area contributed by atoms with Crippen molar-refractivity contribution in [2.75, 3.05) is 6.61 Å². The zero-order valence-electron chi connectivity index (χ0n) is 11.5. The number of halogens is 1. The van der Waals surface area contributed by atoms with Crippen LogP contribution in [-0.2, 0) is 14.5 Å². The van der Waals surface area contributed by atoms with Crippen LogP contribution in [0.4, 0.5) is 0 Å². The SMILES string of the molecule is CC#CCOc1ccc(S(=O)(=O)Cl)cc1C(C)(C)C. The molecule has 0 aliphatic carbocycles. The first kappa shape index (κ1) is 15.9. The first-order valence-electron chi connectivity index (χ1n) is 5.78. The van der Waals surface area contributed by atoms with Gasteiger partial charge in [0.15, 0.2) is 0 Å². The van der Waals surface area contributed by atoms with Gasteiger partial charge in [-0.2, -0.15) is 0 Å². The Balaban J connectivity index is 3.28. The van der Waals surface area contributed by atoms with E-state index in [1.165, 1.54) is 6.07 Å². The topological polar surface area (TPSA) is 43.4 Å². The van der Waals surface area contributed by atoms with E-state index in [2.05, 4.69) is 11.8 Å². The Morgan fingerprint density at radius 2 is 1.95 bits per heavy atom. The fourth-order valence-electron chi connectivity index (χ4n) is 1.56. The van der Waals surface area contributed by atoms with Crippen LogP contribution in [0.1, 0.15) is 33.3 Å². The Hall–Kier alpha value is -1.18. The van der Waals surface area contributed by atoms with E-state index in [-0.39, 0.29) is 16.9 Å². The fraction of sp³-hybridized carbons (Fsp3) is 0.429. The molecule has 0 amide bonds. The van der Waals surface area contributed by atoms with Crippen molar-refractivity contribution in [3.05, 3.63) is 23.8 Å². The molecule has 0 N–H and O–H groups in total. The highest BCUT2D eigenvalue weighted by molar-refractivity contribution is 8.13. The van der Waals surface area contributed by atoms with Gasteiger partial charge in [-0.1, -0.05) is 26.7 Å². The van der Waals surface area contributed by atoms with Crippen LogP contribution >= 0.6 is 10.7 Å². The molecule has 104 valence electrons. The van der Waals surface area contributed by atoms with Gasteiger partial charge in [0.1, 0.15) is 12.4 Å². The zero-order chi connectivity index (χ0) is 14.7. The van der Waals surface area contributed by atoms with Crippen LogP contribution in [0, 0.1) is 11.8 Å². The highest BCUT2D eigenvalue weighted by Gasteiger charge is 2.22. The van der Waals surface area contributed by atoms with Crippen LogP contribution < -0.4 is 4.74 Å². The molecule has 0 aliphatic rings. The standard InChI is InChI=1S/C14H17ClO3S/c1-5-6-9-18-13-8-7-11(19(15,16)17)10-12(13)14(2,3)4/h7-8,10H,9H2,1-4H3. The second-order valence-electron chi connectivity index (χ2n) is 5.06. The lowest BCUT2D eigenvalue weighted by Crippen LogP contribution is -2.14. The van der Waals surface area contributed by atoms with E-state index in [0.717, 1.165) is 5.56 Å². The molecule has 3 nitrogen and oxygen atoms in total. The van der Waals surface area contributed by atoms with Crippen molar-refractivity contribution in [1.29, 1.82) is 0 Å². The zero-order valence-corrected chi connectivity index (χ0v) is 13.0. The van der Waals surface area contributed by atoms with Crippen molar-refractivity contribution in [2.24, 2.45) is 0 Å². The van der Waals surface area contributed by atoms with Crippen molar-refractivity contribution in [3.8, 4) is 17.6 Å². The van der Waals surface area contributed by atoms with Gasteiger partial charge in [0, 0.05) is 16.2 Å². The summed E-state index contributed by atoms with van der Waals surface area (Å²) < 4.78 is 28.3. The maximum Gasteiger partial charge on any atom is 0.261 e. The van der Waals surface area contributed by atoms with Crippen molar-refractivity contribution in [2.45, 2.75) is 38.0 Å². The minimum Gasteiger partial charge on any atom is -0.481 e. The molecule has 0 saturated heterocycles. The number of hydrogen-bond donors (Lipinski definition) is 0. The van der Waals surface area contributed by atoms with Gasteiger partial charge in [0.2, 0.25) is 0 Å². The normalized spacial score (nSPS) is 11.6. The summed E-state index contributed by atoms with van der Waals surface area (Å²) in [4.78, 5) is 0.0769. The molecule has 0 bridgehead atoms. The summed E-state index contributed by atoms with van der Waals surface area (Å²) in [5, 5.41) is 0. The van der Waals surface area contributed by atoms with Crippen molar-refractivity contribution >= 4 is 19.7 Å². The van der Waals surface area contributed by atoms with E-state index in [1.807, 2.05) is 20.8 Å². The highest BCUT2D eigenvalue weighted by atomic mass is 35.7. The lowest BCUT2D eigenvalue weighted by molar-refractivity contribution is 0.357. The van der Waals surface area contributed by atoms with Crippen LogP contribution in [0.25, 0.3) is 0 Å². The van der Waals surface area contributed by atoms with Gasteiger partial charge >= 0.3 is 0 Å². The summed E-state index contributed by atoms with van der Waals surface area (Å²) in [6, 6.07) is 4.61. The molecule has 0 aliphatic heterocycles. The second-order valence-corrected chi connectivity index (χ2v) is 7.63. The quantitative estimate of drug-likeness (QED) is 0.635. The molecule has 5 heteroatoms. The average molecular weight is 301 g/mol. The van der Waals surface area contributed by atoms with Gasteiger partial charge in [0.05, 0.1) is 4.90 Å². The monoisotopic (exact) mass is 300 g/mol. The minimum absolute atomic E-state index is 0.0769. The first-order chi connectivity index (χ1) is 8.66. The maximum atomic E-state index is 11.4. The van der Waals surface area contributed by atoms with E-state index in [0.29, 0.717) is 5.75 Å². The van der Waals surface area contributed by atoms with Crippen molar-refractivity contribution in [3.63, 3.8) is 0 Å². The van der Waals surface area contributed by atoms with E-state index in [4.69, 9.17) is 15.4 Å². The third kappa shape index (κ3) is 4.45. The molecule has 1 aromatic rings. The van der Waals surface area contributed by atoms with Crippen LogP contribution in [-0.4, -0.2) is 15.0 Å². The summed E-state index contributed by atoms with van der Waals surface area (Å²) in [6.07, 6.45) is 0. The fourth-order valence-corrected chi connectivity index (χ4v) is 2.34. The van der Waals surface area contributed by atoms with E-state index in [9.17, 15) is 8.42 Å². The molecule has 0 unspecified atom stereocenters. The Kier molecular flexibility index (Phi) is 4.89. The average Bonchev–Trinajstić information content (AvgIpc) is 2.27. The van der Waals surface area contributed by atoms with E-state index in [1.54, 1.807) is 19.1 Å². The third-order valence-corrected chi connectivity index (χ3v) is 3.87. The smallest absolute Gasteiger partial charge is 0.261 e. The summed E-state index contributed by atoms with van der Waals surface area (Å²) >= 11 is 0. The predicted molar refractivity (Wildman–Crippen MR) is 77.1 cm³/mol. The molecule has 19 heavy (non-hydrogen) atoms. The van der Waals surface area contributed by atoms with Gasteiger partial charge in [0.25, 0.3) is 9.05 Å². The highest BCUT2D eigenvalue weighted by Crippen LogP contribution is 2.34. The summed E-state index contributed by atoms with van der Waals surface area (Å²) in [5.74, 6) is 6.17. The summed E-state index contributed by atoms with van der Waals surface area (Å²) in [7, 11) is 1.63. The molecule has 0 saturated carbocycles. The predicted octanol–water partition coefficient (Wildman–Crippen LogP) is 3.31. The minimum atomic E-state index is -3.74. The molecule has 0 radical (unpaired) electrons. The molecule has 0 fully saturated rings. The van der Waals surface area contributed by atoms with Crippen molar-refractivity contribution in [1.82, 2.24) is 0 Å². The molecule has 0 aromatic heterocycles. The Bertz CT molecular complexity index is 616. The summed E-state index contributed by atoms with van der Waals surface area (Å²) in [6.45, 7) is 7.94. The Morgan fingerprint density at radius 1 is 1.32 bits per heavy atom. The first-order valence-corrected chi connectivity index (χ1v) is 8.09. The largest absolute Gasteiger partial charge is 0.481 e. The number of hydrogen-bond acceptors (Lipinski definition) is 3. The lowest BCUT2D eigenvalue weighted by Gasteiger charge is -2.22. The van der Waals surface area contributed by atoms with Crippen LogP contribution in [0.3, 0.4) is 0 Å². The van der Waals surface area contributed by atoms with Crippen molar-refractivity contribution < 1.29 is 13.2 Å². The molecular formula is C14H17ClO3S. The van der Waals surface area contributed by atoms with E-state index < -0.39 is 9.05 Å². The van der Waals surface area contributed by atoms with Gasteiger partial charge in [-0.3, -0.25) is 0 Å². The maximum absolute atomic E-state index is 11.4. The molecule has 0 spiro atoms. The molecular weight excluding hydrogens is 284 g/mol. The Morgan fingerprint density at radius 3 is 2.42 bits per heavy atom. The van der Waals surface area contributed by atoms with E-state index >= 15 is 0 Å². The molecule has 1 rings (SSSR count). The number of rotatable bonds is 3. The number of ether oxygens (including phenoxy) is 1. The van der Waals surface area contributed by atoms with Crippen LogP contribution in [0.5, 0.6) is 5.75 Å². The van der Waals surface area contributed by atoms with Gasteiger partial charge in [-0.05, 0) is 30.5 Å². The molecule has 0 heterocycles. The van der Waals surface area contributed by atoms with Crippen LogP contribution in [0.15, 0.2) is 23.1 Å². The van der Waals surface area contributed by atoms with Gasteiger partial charge in [-0.15, -0.1) is 5.92 Å². The summed E-state index contributed by atoms with van der Waals surface area (Å²) in [5.41, 5.74) is 0.527. The van der Waals surface area contributed by atoms with Crippen LogP contribution in [0.2, 0.25) is 0 Å². The van der Waals surface area contributed by atoms with Gasteiger partial charge in [-0.25, -0.2) is 8.42 Å². The molecule has 0 atom stereocenters. The molecule has 1 aromatic carbocycles.